The first-order valence-electron chi connectivity index (χ1n) is 10.1. The second-order valence-corrected chi connectivity index (χ2v) is 9.19. The van der Waals surface area contributed by atoms with Crippen molar-refractivity contribution in [2.45, 2.75) is 11.3 Å². The molecule has 3 rings (SSSR count). The number of carbonyl (C=O) groups excluding carboxylic acids is 1. The smallest absolute Gasteiger partial charge is 0.264 e. The van der Waals surface area contributed by atoms with E-state index < -0.39 is 10.0 Å². The highest BCUT2D eigenvalue weighted by molar-refractivity contribution is 7.92. The van der Waals surface area contributed by atoms with E-state index in [4.69, 9.17) is 4.74 Å². The number of carbonyl (C=O) groups is 1. The van der Waals surface area contributed by atoms with Crippen molar-refractivity contribution in [2.75, 3.05) is 31.6 Å². The van der Waals surface area contributed by atoms with Gasteiger partial charge in [-0.3, -0.25) is 9.10 Å². The largest absolute Gasteiger partial charge is 0.494 e. The van der Waals surface area contributed by atoms with Crippen LogP contribution < -0.4 is 9.04 Å². The molecule has 0 saturated heterocycles. The Morgan fingerprint density at radius 1 is 0.938 bits per heavy atom. The van der Waals surface area contributed by atoms with E-state index >= 15 is 0 Å². The van der Waals surface area contributed by atoms with Gasteiger partial charge in [0.2, 0.25) is 0 Å². The number of halogens is 1. The van der Waals surface area contributed by atoms with E-state index in [1.54, 1.807) is 55.6 Å². The van der Waals surface area contributed by atoms with E-state index in [0.717, 1.165) is 0 Å². The minimum atomic E-state index is -3.81. The predicted octanol–water partition coefficient (Wildman–Crippen LogP) is 4.19. The third-order valence-electron chi connectivity index (χ3n) is 4.93. The fraction of sp³-hybridized carbons (Fsp3) is 0.208. The topological polar surface area (TPSA) is 66.9 Å². The van der Waals surface area contributed by atoms with Gasteiger partial charge < -0.3 is 9.64 Å². The van der Waals surface area contributed by atoms with Crippen molar-refractivity contribution in [3.63, 3.8) is 0 Å². The summed E-state index contributed by atoms with van der Waals surface area (Å²) in [6.07, 6.45) is 0.564. The summed E-state index contributed by atoms with van der Waals surface area (Å²) in [7, 11) is -0.684. The zero-order chi connectivity index (χ0) is 23.1. The molecule has 0 unspecified atom stereocenters. The number of amides is 1. The molecule has 3 aromatic rings. The molecule has 3 aromatic carbocycles. The molecule has 0 atom stereocenters. The average molecular weight is 457 g/mol. The van der Waals surface area contributed by atoms with Gasteiger partial charge in [0.05, 0.1) is 17.2 Å². The van der Waals surface area contributed by atoms with Crippen molar-refractivity contribution in [3.05, 3.63) is 90.2 Å². The van der Waals surface area contributed by atoms with Crippen LogP contribution in [0.4, 0.5) is 10.1 Å². The first kappa shape index (κ1) is 23.3. The number of benzene rings is 3. The van der Waals surface area contributed by atoms with E-state index in [0.29, 0.717) is 31.0 Å². The van der Waals surface area contributed by atoms with Gasteiger partial charge in [0, 0.05) is 26.2 Å². The van der Waals surface area contributed by atoms with Gasteiger partial charge in [0.1, 0.15) is 11.6 Å². The molecule has 0 N–H and O–H groups in total. The van der Waals surface area contributed by atoms with Crippen LogP contribution in [-0.4, -0.2) is 46.5 Å². The van der Waals surface area contributed by atoms with Crippen LogP contribution in [0.25, 0.3) is 0 Å². The normalized spacial score (nSPS) is 11.1. The van der Waals surface area contributed by atoms with Gasteiger partial charge in [-0.2, -0.15) is 0 Å². The van der Waals surface area contributed by atoms with Gasteiger partial charge in [0.25, 0.3) is 15.9 Å². The molecule has 168 valence electrons. The van der Waals surface area contributed by atoms with Crippen molar-refractivity contribution >= 4 is 21.6 Å². The monoisotopic (exact) mass is 456 g/mol. The second kappa shape index (κ2) is 10.3. The van der Waals surface area contributed by atoms with E-state index in [1.807, 2.05) is 6.07 Å². The zero-order valence-corrected chi connectivity index (χ0v) is 18.8. The van der Waals surface area contributed by atoms with Crippen LogP contribution >= 0.6 is 0 Å². The zero-order valence-electron chi connectivity index (χ0n) is 17.9. The molecule has 0 heterocycles. The Bertz CT molecular complexity index is 1150. The van der Waals surface area contributed by atoms with Gasteiger partial charge in [-0.25, -0.2) is 12.8 Å². The van der Waals surface area contributed by atoms with Crippen LogP contribution in [0.2, 0.25) is 0 Å². The fourth-order valence-electron chi connectivity index (χ4n) is 3.07. The molecule has 0 fully saturated rings. The summed E-state index contributed by atoms with van der Waals surface area (Å²) < 4.78 is 45.7. The van der Waals surface area contributed by atoms with Crippen molar-refractivity contribution in [1.82, 2.24) is 4.90 Å². The summed E-state index contributed by atoms with van der Waals surface area (Å²) in [5, 5.41) is 0. The number of hydrogen-bond donors (Lipinski definition) is 0. The van der Waals surface area contributed by atoms with Gasteiger partial charge in [-0.05, 0) is 61.0 Å². The maximum absolute atomic E-state index is 13.0. The Hall–Kier alpha value is -3.39. The number of ether oxygens (including phenoxy) is 1. The number of anilines is 1. The summed E-state index contributed by atoms with van der Waals surface area (Å²) >= 11 is 0. The van der Waals surface area contributed by atoms with Crippen molar-refractivity contribution in [3.8, 4) is 5.75 Å². The molecule has 6 nitrogen and oxygen atoms in total. The molecule has 0 radical (unpaired) electrons. The molecule has 32 heavy (non-hydrogen) atoms. The molecular weight excluding hydrogens is 431 g/mol. The van der Waals surface area contributed by atoms with Gasteiger partial charge in [-0.15, -0.1) is 0 Å². The van der Waals surface area contributed by atoms with E-state index in [9.17, 15) is 17.6 Å². The molecule has 8 heteroatoms. The lowest BCUT2D eigenvalue weighted by atomic mass is 10.2. The minimum absolute atomic E-state index is 0.0442. The lowest BCUT2D eigenvalue weighted by Crippen LogP contribution is -2.29. The van der Waals surface area contributed by atoms with Gasteiger partial charge >= 0.3 is 0 Å². The SMILES string of the molecule is CN(CCCOc1ccc(F)cc1)C(=O)c1cccc(S(=O)(=O)N(C)c2ccccc2)c1. The van der Waals surface area contributed by atoms with Crippen LogP contribution in [0.15, 0.2) is 83.8 Å². The summed E-state index contributed by atoms with van der Waals surface area (Å²) in [4.78, 5) is 14.4. The third-order valence-corrected chi connectivity index (χ3v) is 6.71. The Labute approximate surface area is 187 Å². The molecular formula is C24H25FN2O4S. The summed E-state index contributed by atoms with van der Waals surface area (Å²) in [5.41, 5.74) is 0.817. The van der Waals surface area contributed by atoms with E-state index in [-0.39, 0.29) is 22.2 Å². The maximum Gasteiger partial charge on any atom is 0.264 e. The van der Waals surface area contributed by atoms with E-state index in [1.165, 1.54) is 40.5 Å². The fourth-order valence-corrected chi connectivity index (χ4v) is 4.31. The minimum Gasteiger partial charge on any atom is -0.494 e. The Morgan fingerprint density at radius 2 is 1.62 bits per heavy atom. The second-order valence-electron chi connectivity index (χ2n) is 7.22. The molecule has 1 amide bonds. The van der Waals surface area contributed by atoms with Crippen LogP contribution in [0.1, 0.15) is 16.8 Å². The highest BCUT2D eigenvalue weighted by Gasteiger charge is 2.23. The number of rotatable bonds is 9. The lowest BCUT2D eigenvalue weighted by Gasteiger charge is -2.21. The van der Waals surface area contributed by atoms with Crippen molar-refractivity contribution in [1.29, 1.82) is 0 Å². The highest BCUT2D eigenvalue weighted by atomic mass is 32.2. The number of sulfonamides is 1. The number of hydrogen-bond acceptors (Lipinski definition) is 4. The molecule has 0 aliphatic carbocycles. The van der Waals surface area contributed by atoms with Crippen LogP contribution in [0.3, 0.4) is 0 Å². The molecule has 0 bridgehead atoms. The molecule has 0 aliphatic rings. The predicted molar refractivity (Wildman–Crippen MR) is 122 cm³/mol. The number of nitrogens with zero attached hydrogens (tertiary/aromatic N) is 2. The molecule has 0 aromatic heterocycles. The number of para-hydroxylation sites is 1. The van der Waals surface area contributed by atoms with Crippen molar-refractivity contribution < 1.29 is 22.3 Å². The third kappa shape index (κ3) is 5.64. The average Bonchev–Trinajstić information content (AvgIpc) is 2.82. The van der Waals surface area contributed by atoms with Crippen LogP contribution in [0.5, 0.6) is 5.75 Å². The quantitative estimate of drug-likeness (QED) is 0.453. The van der Waals surface area contributed by atoms with Gasteiger partial charge in [0.15, 0.2) is 0 Å². The lowest BCUT2D eigenvalue weighted by molar-refractivity contribution is 0.0787. The molecule has 0 spiro atoms. The first-order valence-corrected chi connectivity index (χ1v) is 11.5. The Balaban J connectivity index is 1.62. The first-order chi connectivity index (χ1) is 15.3. The summed E-state index contributed by atoms with van der Waals surface area (Å²) in [5.74, 6) is -0.0612. The van der Waals surface area contributed by atoms with E-state index in [2.05, 4.69) is 0 Å². The Kier molecular flexibility index (Phi) is 7.48. The Morgan fingerprint density at radius 3 is 2.31 bits per heavy atom. The highest BCUT2D eigenvalue weighted by Crippen LogP contribution is 2.22. The summed E-state index contributed by atoms with van der Waals surface area (Å²) in [6.45, 7) is 0.778. The van der Waals surface area contributed by atoms with Crippen LogP contribution in [-0.2, 0) is 10.0 Å². The maximum atomic E-state index is 13.0. The van der Waals surface area contributed by atoms with Gasteiger partial charge in [-0.1, -0.05) is 24.3 Å². The summed E-state index contributed by atoms with van der Waals surface area (Å²) in [6, 6.07) is 20.5. The standard InChI is InChI=1S/C24H25FN2O4S/c1-26(16-7-17-31-22-14-12-20(25)13-15-22)24(28)19-8-6-11-23(18-19)32(29,30)27(2)21-9-4-3-5-10-21/h3-6,8-15,18H,7,16-17H2,1-2H3. The molecule has 0 saturated carbocycles. The van der Waals surface area contributed by atoms with Crippen molar-refractivity contribution in [2.24, 2.45) is 0 Å². The van der Waals surface area contributed by atoms with Crippen LogP contribution in [0, 0.1) is 5.82 Å². The molecule has 0 aliphatic heterocycles.